The fourth-order valence-electron chi connectivity index (χ4n) is 2.27. The van der Waals surface area contributed by atoms with E-state index in [1.165, 1.54) is 0 Å². The third-order valence-corrected chi connectivity index (χ3v) is 4.20. The van der Waals surface area contributed by atoms with Crippen LogP contribution in [0.4, 0.5) is 17.6 Å². The van der Waals surface area contributed by atoms with E-state index in [-0.39, 0.29) is 6.42 Å². The maximum absolute atomic E-state index is 13.0. The summed E-state index contributed by atoms with van der Waals surface area (Å²) in [5, 5.41) is 3.13. The summed E-state index contributed by atoms with van der Waals surface area (Å²) in [5.74, 6) is -1.33. The van der Waals surface area contributed by atoms with Gasteiger partial charge in [-0.3, -0.25) is 4.18 Å². The molecule has 11 heteroatoms. The van der Waals surface area contributed by atoms with E-state index in [9.17, 15) is 26.0 Å². The monoisotopic (exact) mass is 289 g/mol. The van der Waals surface area contributed by atoms with E-state index in [0.717, 1.165) is 0 Å². The number of hydrogen-bond acceptors (Lipinski definition) is 4. The molecule has 2 saturated carbocycles. The summed E-state index contributed by atoms with van der Waals surface area (Å²) in [6.45, 7) is 0. The van der Waals surface area contributed by atoms with Gasteiger partial charge in [0, 0.05) is 10.8 Å². The van der Waals surface area contributed by atoms with Crippen LogP contribution in [0, 0.1) is 11.8 Å². The van der Waals surface area contributed by atoms with Gasteiger partial charge < -0.3 is 0 Å². The van der Waals surface area contributed by atoms with Crippen LogP contribution in [0.1, 0.15) is 6.42 Å². The van der Waals surface area contributed by atoms with Crippen molar-refractivity contribution in [3.8, 4) is 0 Å². The van der Waals surface area contributed by atoms with Crippen LogP contribution in [0.3, 0.4) is 0 Å². The number of alkyl halides is 4. The zero-order chi connectivity index (χ0) is 13.7. The average Bonchev–Trinajstić information content (AvgIpc) is 2.68. The van der Waals surface area contributed by atoms with Gasteiger partial charge >= 0.3 is 15.6 Å². The van der Waals surface area contributed by atoms with Crippen molar-refractivity contribution in [2.75, 3.05) is 0 Å². The van der Waals surface area contributed by atoms with Gasteiger partial charge in [0.15, 0.2) is 0 Å². The highest BCUT2D eigenvalue weighted by atomic mass is 32.2. The number of halogens is 4. The Labute approximate surface area is 98.7 Å². The summed E-state index contributed by atoms with van der Waals surface area (Å²) in [7, 11) is -5.76. The molecule has 0 N–H and O–H groups in total. The highest BCUT2D eigenvalue weighted by Crippen LogP contribution is 2.56. The van der Waals surface area contributed by atoms with Crippen molar-refractivity contribution < 1.29 is 30.2 Å². The van der Waals surface area contributed by atoms with Crippen molar-refractivity contribution in [1.82, 2.24) is 0 Å². The molecule has 0 aliphatic heterocycles. The molecule has 0 heterocycles. The lowest BCUT2D eigenvalue weighted by atomic mass is 10.1. The van der Waals surface area contributed by atoms with Gasteiger partial charge in [0.05, 0.1) is 12.1 Å². The summed E-state index contributed by atoms with van der Waals surface area (Å²) in [6.07, 6.45) is -2.92. The van der Waals surface area contributed by atoms with Gasteiger partial charge in [-0.25, -0.2) is 4.39 Å². The lowest BCUT2D eigenvalue weighted by molar-refractivity contribution is -0.0581. The minimum Gasteiger partial charge on any atom is -0.259 e. The van der Waals surface area contributed by atoms with E-state index >= 15 is 0 Å². The molecule has 0 aromatic carbocycles. The molecule has 2 aliphatic rings. The Balaban J connectivity index is 2.14. The Bertz CT molecular complexity index is 501. The van der Waals surface area contributed by atoms with Crippen molar-refractivity contribution in [1.29, 1.82) is 0 Å². The number of azide groups is 1. The highest BCUT2D eigenvalue weighted by Gasteiger charge is 2.65. The van der Waals surface area contributed by atoms with Gasteiger partial charge in [-0.2, -0.15) is 21.6 Å². The van der Waals surface area contributed by atoms with Crippen molar-refractivity contribution >= 4 is 10.1 Å². The minimum absolute atomic E-state index is 0.204. The SMILES string of the molecule is [N-]=[N+]=N[C@@H]1[C@@H]2[C@H](F)[C@@H]2C[C@H]1OS(=O)(=O)C(F)(F)F. The zero-order valence-corrected chi connectivity index (χ0v) is 9.40. The second-order valence-electron chi connectivity index (χ2n) is 4.15. The first-order chi connectivity index (χ1) is 8.19. The molecule has 6 nitrogen and oxygen atoms in total. The second kappa shape index (κ2) is 3.97. The summed E-state index contributed by atoms with van der Waals surface area (Å²) in [4.78, 5) is 2.37. The zero-order valence-electron chi connectivity index (χ0n) is 8.58. The molecule has 18 heavy (non-hydrogen) atoms. The third-order valence-electron chi connectivity index (χ3n) is 3.13. The topological polar surface area (TPSA) is 92.1 Å². The van der Waals surface area contributed by atoms with Crippen molar-refractivity contribution in [2.45, 2.75) is 30.2 Å². The van der Waals surface area contributed by atoms with E-state index in [2.05, 4.69) is 14.2 Å². The standard InChI is InChI=1S/C7H7F4N3O3S/c8-5-2-1-3(6(4(2)5)13-14-12)17-18(15,16)7(9,10)11/h2-6H,1H2/t2-,3-,4+,5-,6+/m1/s1. The van der Waals surface area contributed by atoms with Crippen LogP contribution in [0.15, 0.2) is 5.11 Å². The molecule has 0 saturated heterocycles. The molecule has 2 aliphatic carbocycles. The first kappa shape index (κ1) is 13.4. The van der Waals surface area contributed by atoms with Gasteiger partial charge in [-0.05, 0) is 17.9 Å². The fraction of sp³-hybridized carbons (Fsp3) is 1.00. The summed E-state index contributed by atoms with van der Waals surface area (Å²) < 4.78 is 74.9. The summed E-state index contributed by atoms with van der Waals surface area (Å²) in [5.41, 5.74) is 2.69. The fourth-order valence-corrected chi connectivity index (χ4v) is 2.89. The smallest absolute Gasteiger partial charge is 0.259 e. The van der Waals surface area contributed by atoms with Crippen LogP contribution in [0.2, 0.25) is 0 Å². The molecule has 5 atom stereocenters. The minimum atomic E-state index is -5.76. The Morgan fingerprint density at radius 1 is 1.39 bits per heavy atom. The molecule has 102 valence electrons. The number of fused-ring (bicyclic) bond motifs is 1. The first-order valence-corrected chi connectivity index (χ1v) is 6.27. The molecule has 0 bridgehead atoms. The Hall–Kier alpha value is -1.06. The molecule has 0 unspecified atom stereocenters. The quantitative estimate of drug-likeness (QED) is 0.198. The van der Waals surface area contributed by atoms with Crippen LogP contribution >= 0.6 is 0 Å². The summed E-state index contributed by atoms with van der Waals surface area (Å²) >= 11 is 0. The maximum Gasteiger partial charge on any atom is 0.523 e. The number of nitrogens with zero attached hydrogens (tertiary/aromatic N) is 3. The van der Waals surface area contributed by atoms with Crippen molar-refractivity contribution in [2.24, 2.45) is 17.0 Å². The van der Waals surface area contributed by atoms with Gasteiger partial charge in [0.2, 0.25) is 0 Å². The van der Waals surface area contributed by atoms with E-state index in [4.69, 9.17) is 5.53 Å². The van der Waals surface area contributed by atoms with E-state index in [0.29, 0.717) is 0 Å². The predicted molar refractivity (Wildman–Crippen MR) is 49.3 cm³/mol. The van der Waals surface area contributed by atoms with E-state index < -0.39 is 45.8 Å². The molecule has 0 radical (unpaired) electrons. The second-order valence-corrected chi connectivity index (χ2v) is 5.71. The molecule has 2 rings (SSSR count). The highest BCUT2D eigenvalue weighted by molar-refractivity contribution is 7.87. The van der Waals surface area contributed by atoms with E-state index in [1.807, 2.05) is 0 Å². The molecule has 0 aromatic rings. The van der Waals surface area contributed by atoms with Crippen LogP contribution in [0.5, 0.6) is 0 Å². The van der Waals surface area contributed by atoms with Gasteiger partial charge in [-0.1, -0.05) is 5.11 Å². The Kier molecular flexibility index (Phi) is 2.95. The lowest BCUT2D eigenvalue weighted by Gasteiger charge is -2.19. The molecule has 0 amide bonds. The Morgan fingerprint density at radius 2 is 2.00 bits per heavy atom. The number of hydrogen-bond donors (Lipinski definition) is 0. The van der Waals surface area contributed by atoms with E-state index in [1.54, 1.807) is 0 Å². The van der Waals surface area contributed by atoms with Gasteiger partial charge in [-0.15, -0.1) is 0 Å². The normalized spacial score (nSPS) is 39.0. The van der Waals surface area contributed by atoms with Gasteiger partial charge in [0.25, 0.3) is 0 Å². The molecule has 0 spiro atoms. The van der Waals surface area contributed by atoms with Crippen LogP contribution in [-0.2, 0) is 14.3 Å². The van der Waals surface area contributed by atoms with Crippen molar-refractivity contribution in [3.63, 3.8) is 0 Å². The predicted octanol–water partition coefficient (Wildman–Crippen LogP) is 1.89. The molecule has 2 fully saturated rings. The first-order valence-electron chi connectivity index (χ1n) is 4.87. The maximum atomic E-state index is 13.0. The van der Waals surface area contributed by atoms with Crippen LogP contribution < -0.4 is 0 Å². The third kappa shape index (κ3) is 2.02. The summed E-state index contributed by atoms with van der Waals surface area (Å²) in [6, 6.07) is -1.22. The average molecular weight is 289 g/mol. The van der Waals surface area contributed by atoms with Gasteiger partial charge in [0.1, 0.15) is 6.17 Å². The lowest BCUT2D eigenvalue weighted by Crippen LogP contribution is -2.35. The van der Waals surface area contributed by atoms with Crippen LogP contribution in [0.25, 0.3) is 10.4 Å². The van der Waals surface area contributed by atoms with Crippen LogP contribution in [-0.4, -0.2) is 32.2 Å². The van der Waals surface area contributed by atoms with Crippen molar-refractivity contribution in [3.05, 3.63) is 10.4 Å². The number of rotatable bonds is 3. The molecule has 0 aromatic heterocycles. The largest absolute Gasteiger partial charge is 0.523 e. The molecular formula is C7H7F4N3O3S. The molecular weight excluding hydrogens is 282 g/mol. The Morgan fingerprint density at radius 3 is 2.50 bits per heavy atom.